The molecule has 0 bridgehead atoms. The summed E-state index contributed by atoms with van der Waals surface area (Å²) in [5.74, 6) is -1.16. The fraction of sp³-hybridized carbons (Fsp3) is 0.250. The molecular weight excluding hydrogens is 419 g/mol. The number of methoxy groups -OCH3 is 1. The largest absolute Gasteiger partial charge is 0.467 e. The molecule has 0 saturated heterocycles. The summed E-state index contributed by atoms with van der Waals surface area (Å²) in [5.41, 5.74) is 0.894. The molecule has 6 nitrogen and oxygen atoms in total. The molecular formula is C20H18F3N3O3S. The van der Waals surface area contributed by atoms with Gasteiger partial charge in [0.15, 0.2) is 0 Å². The third-order valence-electron chi connectivity index (χ3n) is 4.33. The Labute approximate surface area is 174 Å². The number of carbonyl (C=O) groups is 2. The molecule has 1 aromatic carbocycles. The maximum Gasteiger partial charge on any atom is 0.417 e. The van der Waals surface area contributed by atoms with Crippen LogP contribution in [0.3, 0.4) is 0 Å². The number of fused-ring (bicyclic) bond motifs is 1. The van der Waals surface area contributed by atoms with E-state index < -0.39 is 29.7 Å². The summed E-state index contributed by atoms with van der Waals surface area (Å²) < 4.78 is 42.5. The number of pyridine rings is 1. The van der Waals surface area contributed by atoms with Gasteiger partial charge in [-0.25, -0.2) is 9.78 Å². The second-order valence-electron chi connectivity index (χ2n) is 6.38. The molecule has 3 aromatic rings. The number of esters is 1. The van der Waals surface area contributed by atoms with Gasteiger partial charge in [-0.2, -0.15) is 13.2 Å². The van der Waals surface area contributed by atoms with Crippen LogP contribution in [-0.2, 0) is 26.9 Å². The minimum Gasteiger partial charge on any atom is -0.467 e. The number of benzene rings is 1. The minimum atomic E-state index is -4.47. The van der Waals surface area contributed by atoms with Crippen LogP contribution in [0, 0.1) is 0 Å². The maximum atomic E-state index is 12.6. The molecule has 0 fully saturated rings. The first-order chi connectivity index (χ1) is 14.3. The average Bonchev–Trinajstić information content (AvgIpc) is 3.14. The number of hydrogen-bond donors (Lipinski definition) is 2. The van der Waals surface area contributed by atoms with E-state index in [-0.39, 0.29) is 17.2 Å². The van der Waals surface area contributed by atoms with Crippen molar-refractivity contribution in [3.05, 3.63) is 59.9 Å². The molecule has 1 unspecified atom stereocenters. The Morgan fingerprint density at radius 2 is 2.00 bits per heavy atom. The first kappa shape index (κ1) is 21.7. The molecule has 0 aliphatic carbocycles. The van der Waals surface area contributed by atoms with Gasteiger partial charge in [-0.3, -0.25) is 4.79 Å². The summed E-state index contributed by atoms with van der Waals surface area (Å²) in [5, 5.41) is 3.82. The van der Waals surface area contributed by atoms with Crippen molar-refractivity contribution < 1.29 is 27.5 Å². The maximum absolute atomic E-state index is 12.6. The second-order valence-corrected chi connectivity index (χ2v) is 7.37. The smallest absolute Gasteiger partial charge is 0.417 e. The standard InChI is InChI=1S/C20H18F3N3O3S/c1-29-19(28)16(8-12-9-24-15-5-3-2-4-14(12)15)26-17(27)11-30-18-7-6-13(10-25-18)20(21,22)23/h2-7,9-10,16,24H,8,11H2,1H3,(H,26,27). The number of para-hydroxylation sites is 1. The SMILES string of the molecule is COC(=O)C(Cc1c[nH]c2ccccc12)NC(=O)CSc1ccc(C(F)(F)F)cn1. The molecule has 1 amide bonds. The van der Waals surface area contributed by atoms with Gasteiger partial charge in [0.25, 0.3) is 0 Å². The summed E-state index contributed by atoms with van der Waals surface area (Å²) >= 11 is 0.971. The first-order valence-electron chi connectivity index (χ1n) is 8.86. The average molecular weight is 437 g/mol. The number of hydrogen-bond acceptors (Lipinski definition) is 5. The van der Waals surface area contributed by atoms with Gasteiger partial charge in [0.1, 0.15) is 6.04 Å². The lowest BCUT2D eigenvalue weighted by Crippen LogP contribution is -2.43. The summed E-state index contributed by atoms with van der Waals surface area (Å²) in [7, 11) is 1.23. The molecule has 2 N–H and O–H groups in total. The van der Waals surface area contributed by atoms with Crippen molar-refractivity contribution in [2.75, 3.05) is 12.9 Å². The number of aromatic nitrogens is 2. The van der Waals surface area contributed by atoms with Crippen molar-refractivity contribution in [2.45, 2.75) is 23.7 Å². The predicted octanol–water partition coefficient (Wildman–Crippen LogP) is 3.57. The molecule has 2 aromatic heterocycles. The molecule has 1 atom stereocenters. The van der Waals surface area contributed by atoms with Crippen molar-refractivity contribution in [1.29, 1.82) is 0 Å². The number of thioether (sulfide) groups is 1. The Bertz CT molecular complexity index is 1030. The van der Waals surface area contributed by atoms with Crippen molar-refractivity contribution in [2.24, 2.45) is 0 Å². The van der Waals surface area contributed by atoms with Crippen LogP contribution in [0.2, 0.25) is 0 Å². The highest BCUT2D eigenvalue weighted by Crippen LogP contribution is 2.29. The summed E-state index contributed by atoms with van der Waals surface area (Å²) in [6.07, 6.45) is -1.75. The molecule has 2 heterocycles. The number of ether oxygens (including phenoxy) is 1. The van der Waals surface area contributed by atoms with E-state index in [1.807, 2.05) is 24.3 Å². The normalized spacial score (nSPS) is 12.5. The zero-order valence-electron chi connectivity index (χ0n) is 15.8. The third kappa shape index (κ3) is 5.32. The van der Waals surface area contributed by atoms with Gasteiger partial charge in [0, 0.05) is 29.7 Å². The van der Waals surface area contributed by atoms with E-state index in [2.05, 4.69) is 15.3 Å². The van der Waals surface area contributed by atoms with E-state index in [9.17, 15) is 22.8 Å². The Kier molecular flexibility index (Phi) is 6.66. The summed E-state index contributed by atoms with van der Waals surface area (Å²) in [6, 6.07) is 8.77. The van der Waals surface area contributed by atoms with Crippen LogP contribution >= 0.6 is 11.8 Å². The molecule has 30 heavy (non-hydrogen) atoms. The lowest BCUT2D eigenvalue weighted by Gasteiger charge is -2.16. The molecule has 0 aliphatic heterocycles. The molecule has 3 rings (SSSR count). The van der Waals surface area contributed by atoms with Gasteiger partial charge < -0.3 is 15.0 Å². The van der Waals surface area contributed by atoms with Crippen molar-refractivity contribution in [3.63, 3.8) is 0 Å². The van der Waals surface area contributed by atoms with Gasteiger partial charge in [-0.15, -0.1) is 0 Å². The van der Waals surface area contributed by atoms with Gasteiger partial charge in [0.2, 0.25) is 5.91 Å². The topological polar surface area (TPSA) is 84.1 Å². The number of carbonyl (C=O) groups excluding carboxylic acids is 2. The van der Waals surface area contributed by atoms with Crippen molar-refractivity contribution in [1.82, 2.24) is 15.3 Å². The Hall–Kier alpha value is -3.01. The Morgan fingerprint density at radius 3 is 2.67 bits per heavy atom. The molecule has 0 spiro atoms. The first-order valence-corrected chi connectivity index (χ1v) is 9.84. The quantitative estimate of drug-likeness (QED) is 0.436. The van der Waals surface area contributed by atoms with Gasteiger partial charge in [-0.05, 0) is 23.8 Å². The van der Waals surface area contributed by atoms with Crippen LogP contribution in [0.25, 0.3) is 10.9 Å². The fourth-order valence-corrected chi connectivity index (χ4v) is 3.52. The molecule has 0 aliphatic rings. The van der Waals surface area contributed by atoms with Crippen LogP contribution in [0.15, 0.2) is 53.8 Å². The lowest BCUT2D eigenvalue weighted by molar-refractivity contribution is -0.144. The predicted molar refractivity (Wildman–Crippen MR) is 106 cm³/mol. The number of H-pyrrole nitrogens is 1. The highest BCUT2D eigenvalue weighted by atomic mass is 32.2. The van der Waals surface area contributed by atoms with Crippen LogP contribution in [0.5, 0.6) is 0 Å². The minimum absolute atomic E-state index is 0.111. The number of alkyl halides is 3. The van der Waals surface area contributed by atoms with Crippen LogP contribution in [0.4, 0.5) is 13.2 Å². The number of aromatic amines is 1. The van der Waals surface area contributed by atoms with E-state index in [1.54, 1.807) is 6.20 Å². The fourth-order valence-electron chi connectivity index (χ4n) is 2.86. The van der Waals surface area contributed by atoms with E-state index in [0.29, 0.717) is 6.20 Å². The van der Waals surface area contributed by atoms with E-state index in [4.69, 9.17) is 4.74 Å². The van der Waals surface area contributed by atoms with Crippen LogP contribution < -0.4 is 5.32 Å². The van der Waals surface area contributed by atoms with E-state index in [0.717, 1.165) is 34.3 Å². The highest BCUT2D eigenvalue weighted by molar-refractivity contribution is 7.99. The van der Waals surface area contributed by atoms with E-state index >= 15 is 0 Å². The Morgan fingerprint density at radius 1 is 1.23 bits per heavy atom. The molecule has 10 heteroatoms. The Balaban J connectivity index is 1.62. The van der Waals surface area contributed by atoms with Gasteiger partial charge in [0.05, 0.1) is 23.5 Å². The molecule has 0 saturated carbocycles. The van der Waals surface area contributed by atoms with Crippen molar-refractivity contribution in [3.8, 4) is 0 Å². The third-order valence-corrected chi connectivity index (χ3v) is 5.28. The summed E-state index contributed by atoms with van der Waals surface area (Å²) in [4.78, 5) is 31.3. The zero-order valence-corrected chi connectivity index (χ0v) is 16.6. The van der Waals surface area contributed by atoms with Crippen molar-refractivity contribution >= 4 is 34.5 Å². The number of nitrogens with one attached hydrogen (secondary N) is 2. The van der Waals surface area contributed by atoms with Crippen LogP contribution in [-0.4, -0.2) is 40.7 Å². The summed E-state index contributed by atoms with van der Waals surface area (Å²) in [6.45, 7) is 0. The lowest BCUT2D eigenvalue weighted by atomic mass is 10.0. The van der Waals surface area contributed by atoms with Crippen LogP contribution in [0.1, 0.15) is 11.1 Å². The molecule has 158 valence electrons. The molecule has 0 radical (unpaired) electrons. The second kappa shape index (κ2) is 9.21. The number of rotatable bonds is 7. The number of amides is 1. The van der Waals surface area contributed by atoms with Gasteiger partial charge in [-0.1, -0.05) is 30.0 Å². The number of nitrogens with zero attached hydrogens (tertiary/aromatic N) is 1. The zero-order chi connectivity index (χ0) is 21.7. The van der Waals surface area contributed by atoms with Gasteiger partial charge >= 0.3 is 12.1 Å². The number of halogens is 3. The monoisotopic (exact) mass is 437 g/mol. The highest BCUT2D eigenvalue weighted by Gasteiger charge is 2.30. The van der Waals surface area contributed by atoms with E-state index in [1.165, 1.54) is 13.2 Å².